The SMILES string of the molecule is CCN(CC(C)(C)O)C(=O)CCn1cnc2ccccc21. The fourth-order valence-corrected chi connectivity index (χ4v) is 2.41. The first kappa shape index (κ1) is 15.5. The highest BCUT2D eigenvalue weighted by Gasteiger charge is 2.21. The molecule has 1 N–H and O–H groups in total. The van der Waals surface area contributed by atoms with Crippen LogP contribution >= 0.6 is 0 Å². The average molecular weight is 289 g/mol. The Labute approximate surface area is 125 Å². The molecule has 2 rings (SSSR count). The lowest BCUT2D eigenvalue weighted by molar-refractivity contribution is -0.134. The summed E-state index contributed by atoms with van der Waals surface area (Å²) in [6.07, 6.45) is 2.18. The Morgan fingerprint density at radius 1 is 1.38 bits per heavy atom. The zero-order chi connectivity index (χ0) is 15.5. The number of hydrogen-bond donors (Lipinski definition) is 1. The highest BCUT2D eigenvalue weighted by atomic mass is 16.3. The smallest absolute Gasteiger partial charge is 0.224 e. The quantitative estimate of drug-likeness (QED) is 0.885. The molecule has 0 aliphatic heterocycles. The number of likely N-dealkylation sites (N-methyl/N-ethyl adjacent to an activating group) is 1. The van der Waals surface area contributed by atoms with Crippen LogP contribution in [0.25, 0.3) is 11.0 Å². The van der Waals surface area contributed by atoms with Crippen molar-refractivity contribution >= 4 is 16.9 Å². The van der Waals surface area contributed by atoms with Gasteiger partial charge in [-0.3, -0.25) is 4.79 Å². The van der Waals surface area contributed by atoms with Crippen LogP contribution in [0.2, 0.25) is 0 Å². The molecule has 5 nitrogen and oxygen atoms in total. The molecule has 0 atom stereocenters. The summed E-state index contributed by atoms with van der Waals surface area (Å²) in [4.78, 5) is 18.3. The second kappa shape index (κ2) is 6.26. The Hall–Kier alpha value is -1.88. The van der Waals surface area contributed by atoms with E-state index in [1.807, 2.05) is 35.8 Å². The van der Waals surface area contributed by atoms with Crippen molar-refractivity contribution in [3.8, 4) is 0 Å². The number of aryl methyl sites for hydroxylation is 1. The Bertz CT molecular complexity index is 613. The Balaban J connectivity index is 2.00. The molecule has 114 valence electrons. The number of imidazole rings is 1. The summed E-state index contributed by atoms with van der Waals surface area (Å²) in [5, 5.41) is 9.85. The molecular weight excluding hydrogens is 266 g/mol. The van der Waals surface area contributed by atoms with Crippen LogP contribution in [0.5, 0.6) is 0 Å². The van der Waals surface area contributed by atoms with Crippen molar-refractivity contribution in [3.05, 3.63) is 30.6 Å². The molecule has 1 amide bonds. The topological polar surface area (TPSA) is 58.4 Å². The van der Waals surface area contributed by atoms with Crippen LogP contribution < -0.4 is 0 Å². The summed E-state index contributed by atoms with van der Waals surface area (Å²) in [6, 6.07) is 7.88. The predicted molar refractivity (Wildman–Crippen MR) is 82.9 cm³/mol. The second-order valence-corrected chi connectivity index (χ2v) is 5.90. The van der Waals surface area contributed by atoms with Crippen molar-refractivity contribution < 1.29 is 9.90 Å². The van der Waals surface area contributed by atoms with Crippen LogP contribution in [-0.4, -0.2) is 44.2 Å². The van der Waals surface area contributed by atoms with Crippen molar-refractivity contribution in [2.75, 3.05) is 13.1 Å². The van der Waals surface area contributed by atoms with E-state index in [0.29, 0.717) is 26.1 Å². The van der Waals surface area contributed by atoms with E-state index in [4.69, 9.17) is 0 Å². The Morgan fingerprint density at radius 2 is 2.10 bits per heavy atom. The number of hydrogen-bond acceptors (Lipinski definition) is 3. The maximum Gasteiger partial charge on any atom is 0.224 e. The molecule has 0 saturated carbocycles. The number of carbonyl (C=O) groups is 1. The summed E-state index contributed by atoms with van der Waals surface area (Å²) in [5.41, 5.74) is 1.11. The minimum atomic E-state index is -0.868. The van der Waals surface area contributed by atoms with Crippen molar-refractivity contribution in [3.63, 3.8) is 0 Å². The van der Waals surface area contributed by atoms with Crippen molar-refractivity contribution in [2.45, 2.75) is 39.3 Å². The number of benzene rings is 1. The van der Waals surface area contributed by atoms with E-state index in [1.165, 1.54) is 0 Å². The first-order valence-electron chi connectivity index (χ1n) is 7.31. The third-order valence-corrected chi connectivity index (χ3v) is 3.41. The summed E-state index contributed by atoms with van der Waals surface area (Å²) in [5.74, 6) is 0.0532. The van der Waals surface area contributed by atoms with E-state index < -0.39 is 5.60 Å². The standard InChI is InChI=1S/C16H23N3O2/c1-4-18(11-16(2,3)21)15(20)9-10-19-12-17-13-7-5-6-8-14(13)19/h5-8,12,21H,4,9-11H2,1-3H3. The van der Waals surface area contributed by atoms with Gasteiger partial charge >= 0.3 is 0 Å². The van der Waals surface area contributed by atoms with E-state index in [9.17, 15) is 9.90 Å². The second-order valence-electron chi connectivity index (χ2n) is 5.90. The summed E-state index contributed by atoms with van der Waals surface area (Å²) < 4.78 is 1.99. The Kier molecular flexibility index (Phi) is 4.63. The van der Waals surface area contributed by atoms with Gasteiger partial charge in [0, 0.05) is 26.1 Å². The molecule has 1 aromatic carbocycles. The van der Waals surface area contributed by atoms with E-state index in [1.54, 1.807) is 25.1 Å². The van der Waals surface area contributed by atoms with Gasteiger partial charge in [-0.25, -0.2) is 4.98 Å². The molecular formula is C16H23N3O2. The lowest BCUT2D eigenvalue weighted by Crippen LogP contribution is -2.42. The molecule has 0 unspecified atom stereocenters. The first-order chi connectivity index (χ1) is 9.90. The van der Waals surface area contributed by atoms with E-state index in [0.717, 1.165) is 11.0 Å². The van der Waals surface area contributed by atoms with Crippen LogP contribution in [0.3, 0.4) is 0 Å². The largest absolute Gasteiger partial charge is 0.389 e. The molecule has 0 fully saturated rings. The van der Waals surface area contributed by atoms with Crippen LogP contribution in [-0.2, 0) is 11.3 Å². The highest BCUT2D eigenvalue weighted by Crippen LogP contribution is 2.13. The summed E-state index contributed by atoms with van der Waals surface area (Å²) in [6.45, 7) is 6.91. The minimum Gasteiger partial charge on any atom is -0.389 e. The minimum absolute atomic E-state index is 0.0532. The number of aromatic nitrogens is 2. The molecule has 5 heteroatoms. The predicted octanol–water partition coefficient (Wildman–Crippen LogP) is 2.05. The highest BCUT2D eigenvalue weighted by molar-refractivity contribution is 5.77. The third kappa shape index (κ3) is 4.04. The number of para-hydroxylation sites is 2. The fourth-order valence-electron chi connectivity index (χ4n) is 2.41. The normalized spacial score (nSPS) is 11.8. The molecule has 2 aromatic rings. The molecule has 21 heavy (non-hydrogen) atoms. The molecule has 1 aromatic heterocycles. The molecule has 1 heterocycles. The maximum absolute atomic E-state index is 12.3. The first-order valence-corrected chi connectivity index (χ1v) is 7.31. The molecule has 0 radical (unpaired) electrons. The lowest BCUT2D eigenvalue weighted by Gasteiger charge is -2.28. The fraction of sp³-hybridized carbons (Fsp3) is 0.500. The van der Waals surface area contributed by atoms with Crippen LogP contribution in [0.15, 0.2) is 30.6 Å². The van der Waals surface area contributed by atoms with Crippen molar-refractivity contribution in [1.29, 1.82) is 0 Å². The van der Waals surface area contributed by atoms with Gasteiger partial charge in [-0.05, 0) is 32.9 Å². The van der Waals surface area contributed by atoms with Gasteiger partial charge in [-0.15, -0.1) is 0 Å². The number of rotatable bonds is 6. The van der Waals surface area contributed by atoms with Gasteiger partial charge < -0.3 is 14.6 Å². The van der Waals surface area contributed by atoms with Crippen LogP contribution in [0, 0.1) is 0 Å². The number of amides is 1. The number of carbonyl (C=O) groups excluding carboxylic acids is 1. The maximum atomic E-state index is 12.3. The number of nitrogens with zero attached hydrogens (tertiary/aromatic N) is 3. The lowest BCUT2D eigenvalue weighted by atomic mass is 10.1. The molecule has 0 saturated heterocycles. The van der Waals surface area contributed by atoms with Gasteiger partial charge in [0.1, 0.15) is 0 Å². The number of aliphatic hydroxyl groups is 1. The van der Waals surface area contributed by atoms with Crippen LogP contribution in [0.1, 0.15) is 27.2 Å². The van der Waals surface area contributed by atoms with Crippen molar-refractivity contribution in [1.82, 2.24) is 14.5 Å². The third-order valence-electron chi connectivity index (χ3n) is 3.41. The average Bonchev–Trinajstić information content (AvgIpc) is 2.84. The van der Waals surface area contributed by atoms with E-state index in [-0.39, 0.29) is 5.91 Å². The van der Waals surface area contributed by atoms with E-state index in [2.05, 4.69) is 4.98 Å². The van der Waals surface area contributed by atoms with Crippen molar-refractivity contribution in [2.24, 2.45) is 0 Å². The molecule has 0 bridgehead atoms. The van der Waals surface area contributed by atoms with Crippen LogP contribution in [0.4, 0.5) is 0 Å². The molecule has 0 aliphatic carbocycles. The molecule has 0 spiro atoms. The van der Waals surface area contributed by atoms with E-state index >= 15 is 0 Å². The van der Waals surface area contributed by atoms with Gasteiger partial charge in [0.25, 0.3) is 0 Å². The summed E-state index contributed by atoms with van der Waals surface area (Å²) >= 11 is 0. The Morgan fingerprint density at radius 3 is 2.76 bits per heavy atom. The van der Waals surface area contributed by atoms with Gasteiger partial charge in [0.05, 0.1) is 23.0 Å². The summed E-state index contributed by atoms with van der Waals surface area (Å²) in [7, 11) is 0. The van der Waals surface area contributed by atoms with Gasteiger partial charge in [0.15, 0.2) is 0 Å². The van der Waals surface area contributed by atoms with Gasteiger partial charge in [-0.2, -0.15) is 0 Å². The monoisotopic (exact) mass is 289 g/mol. The molecule has 0 aliphatic rings. The number of fused-ring (bicyclic) bond motifs is 1. The van der Waals surface area contributed by atoms with Gasteiger partial charge in [-0.1, -0.05) is 12.1 Å². The zero-order valence-electron chi connectivity index (χ0n) is 12.9. The zero-order valence-corrected chi connectivity index (χ0v) is 12.9. The van der Waals surface area contributed by atoms with Gasteiger partial charge in [0.2, 0.25) is 5.91 Å².